The van der Waals surface area contributed by atoms with Crippen molar-refractivity contribution in [1.82, 2.24) is 14.9 Å². The first kappa shape index (κ1) is 16.4. The lowest BCUT2D eigenvalue weighted by atomic mass is 10.0. The molecule has 0 saturated heterocycles. The highest BCUT2D eigenvalue weighted by molar-refractivity contribution is 5.47. The van der Waals surface area contributed by atoms with Gasteiger partial charge in [-0.15, -0.1) is 0 Å². The third-order valence-electron chi connectivity index (χ3n) is 4.59. The van der Waals surface area contributed by atoms with Crippen LogP contribution in [-0.2, 0) is 19.5 Å². The average Bonchev–Trinajstić information content (AvgIpc) is 3.18. The summed E-state index contributed by atoms with van der Waals surface area (Å²) in [6.45, 7) is 1.80. The third-order valence-corrected chi connectivity index (χ3v) is 4.59. The van der Waals surface area contributed by atoms with Gasteiger partial charge in [-0.3, -0.25) is 9.69 Å². The molecule has 0 fully saturated rings. The Morgan fingerprint density at radius 2 is 2.27 bits per heavy atom. The Kier molecular flexibility index (Phi) is 4.22. The fourth-order valence-corrected chi connectivity index (χ4v) is 3.22. The van der Waals surface area contributed by atoms with E-state index in [1.807, 2.05) is 6.07 Å². The number of fused-ring (bicyclic) bond motifs is 1. The van der Waals surface area contributed by atoms with Gasteiger partial charge in [0.2, 0.25) is 0 Å². The van der Waals surface area contributed by atoms with Crippen LogP contribution >= 0.6 is 0 Å². The molecule has 0 aliphatic carbocycles. The quantitative estimate of drug-likeness (QED) is 0.748. The van der Waals surface area contributed by atoms with Gasteiger partial charge in [0.1, 0.15) is 11.5 Å². The molecule has 0 bridgehead atoms. The minimum absolute atomic E-state index is 0.120. The van der Waals surface area contributed by atoms with Crippen molar-refractivity contribution < 1.29 is 14.3 Å². The van der Waals surface area contributed by atoms with E-state index in [1.165, 1.54) is 0 Å². The van der Waals surface area contributed by atoms with Crippen LogP contribution in [0.3, 0.4) is 0 Å². The molecule has 0 spiro atoms. The van der Waals surface area contributed by atoms with Gasteiger partial charge >= 0.3 is 0 Å². The molecule has 26 heavy (non-hydrogen) atoms. The van der Waals surface area contributed by atoms with Gasteiger partial charge in [-0.2, -0.15) is 0 Å². The number of aromatic nitrogens is 2. The van der Waals surface area contributed by atoms with E-state index in [4.69, 9.17) is 9.15 Å². The maximum Gasteiger partial charge on any atom is 0.254 e. The van der Waals surface area contributed by atoms with Gasteiger partial charge in [-0.05, 0) is 36.8 Å². The second-order valence-corrected chi connectivity index (χ2v) is 6.27. The van der Waals surface area contributed by atoms with Crippen molar-refractivity contribution in [2.45, 2.75) is 19.5 Å². The Balaban J connectivity index is 1.60. The van der Waals surface area contributed by atoms with Crippen molar-refractivity contribution in [2.75, 3.05) is 13.7 Å². The first-order valence-electron chi connectivity index (χ1n) is 8.38. The fourth-order valence-electron chi connectivity index (χ4n) is 3.22. The zero-order chi connectivity index (χ0) is 18.1. The van der Waals surface area contributed by atoms with Crippen molar-refractivity contribution in [3.05, 3.63) is 63.8 Å². The van der Waals surface area contributed by atoms with Gasteiger partial charge in [0.25, 0.3) is 5.56 Å². The summed E-state index contributed by atoms with van der Waals surface area (Å²) < 4.78 is 10.6. The van der Waals surface area contributed by atoms with Gasteiger partial charge < -0.3 is 19.2 Å². The van der Waals surface area contributed by atoms with Gasteiger partial charge in [-0.1, -0.05) is 0 Å². The standard InChI is InChI=1S/C19H19N3O4/c1-25-13-4-5-16(23)12(9-13)10-22-7-6-14-15(11-22)20-18(21-19(14)24)17-3-2-8-26-17/h2-5,8-9,23H,6-7,10-11H2,1H3,(H,20,21,24). The number of H-pyrrole nitrogens is 1. The summed E-state index contributed by atoms with van der Waals surface area (Å²) in [5.41, 5.74) is 2.12. The topological polar surface area (TPSA) is 91.6 Å². The van der Waals surface area contributed by atoms with Gasteiger partial charge in [0, 0.05) is 30.8 Å². The summed E-state index contributed by atoms with van der Waals surface area (Å²) in [6.07, 6.45) is 2.16. The van der Waals surface area contributed by atoms with E-state index in [2.05, 4.69) is 14.9 Å². The fraction of sp³-hybridized carbons (Fsp3) is 0.263. The van der Waals surface area contributed by atoms with Gasteiger partial charge in [0.15, 0.2) is 11.6 Å². The molecule has 4 rings (SSSR count). The lowest BCUT2D eigenvalue weighted by molar-refractivity contribution is 0.237. The number of rotatable bonds is 4. The zero-order valence-corrected chi connectivity index (χ0v) is 14.4. The van der Waals surface area contributed by atoms with E-state index in [-0.39, 0.29) is 11.3 Å². The van der Waals surface area contributed by atoms with Crippen LogP contribution in [0.4, 0.5) is 0 Å². The average molecular weight is 353 g/mol. The second-order valence-electron chi connectivity index (χ2n) is 6.27. The molecule has 1 aromatic carbocycles. The molecule has 0 amide bonds. The summed E-state index contributed by atoms with van der Waals surface area (Å²) in [5, 5.41) is 10.1. The molecule has 1 aliphatic heterocycles. The maximum atomic E-state index is 12.4. The Morgan fingerprint density at radius 3 is 3.04 bits per heavy atom. The lowest BCUT2D eigenvalue weighted by Gasteiger charge is -2.28. The number of hydrogen-bond acceptors (Lipinski definition) is 6. The molecule has 3 heterocycles. The number of aromatic amines is 1. The van der Waals surface area contributed by atoms with E-state index in [1.54, 1.807) is 37.6 Å². The van der Waals surface area contributed by atoms with Crippen LogP contribution in [0.2, 0.25) is 0 Å². The first-order chi connectivity index (χ1) is 12.6. The maximum absolute atomic E-state index is 12.4. The number of nitrogens with zero attached hydrogens (tertiary/aromatic N) is 2. The molecule has 3 aromatic rings. The predicted octanol–water partition coefficient (Wildman–Crippen LogP) is 2.30. The second kappa shape index (κ2) is 6.68. The molecule has 2 aromatic heterocycles. The SMILES string of the molecule is COc1ccc(O)c(CN2CCc3c(nc(-c4ccco4)[nH]c3=O)C2)c1. The Labute approximate surface area is 149 Å². The molecule has 1 aliphatic rings. The number of benzene rings is 1. The molecule has 7 heteroatoms. The van der Waals surface area contributed by atoms with Crippen LogP contribution in [0.25, 0.3) is 11.6 Å². The zero-order valence-electron chi connectivity index (χ0n) is 14.4. The number of ether oxygens (including phenoxy) is 1. The van der Waals surface area contributed by atoms with Gasteiger partial charge in [-0.25, -0.2) is 4.98 Å². The summed E-state index contributed by atoms with van der Waals surface area (Å²) >= 11 is 0. The number of hydrogen-bond donors (Lipinski definition) is 2. The van der Waals surface area contributed by atoms with Gasteiger partial charge in [0.05, 0.1) is 19.1 Å². The van der Waals surface area contributed by atoms with Crippen LogP contribution in [0.1, 0.15) is 16.8 Å². The molecule has 0 atom stereocenters. The Hall–Kier alpha value is -3.06. The molecular formula is C19H19N3O4. The molecular weight excluding hydrogens is 334 g/mol. The van der Waals surface area contributed by atoms with Crippen LogP contribution in [0.5, 0.6) is 11.5 Å². The third kappa shape index (κ3) is 3.09. The van der Waals surface area contributed by atoms with Crippen molar-refractivity contribution >= 4 is 0 Å². The van der Waals surface area contributed by atoms with Crippen molar-refractivity contribution in [3.8, 4) is 23.1 Å². The minimum Gasteiger partial charge on any atom is -0.508 e. The number of nitrogens with one attached hydrogen (secondary N) is 1. The largest absolute Gasteiger partial charge is 0.508 e. The number of phenols is 1. The summed E-state index contributed by atoms with van der Waals surface area (Å²) in [4.78, 5) is 21.9. The summed E-state index contributed by atoms with van der Waals surface area (Å²) in [6, 6.07) is 8.70. The smallest absolute Gasteiger partial charge is 0.254 e. The van der Waals surface area contributed by atoms with Crippen molar-refractivity contribution in [1.29, 1.82) is 0 Å². The van der Waals surface area contributed by atoms with E-state index in [0.717, 1.165) is 11.3 Å². The first-order valence-corrected chi connectivity index (χ1v) is 8.38. The normalized spacial score (nSPS) is 14.2. The molecule has 134 valence electrons. The monoisotopic (exact) mass is 353 g/mol. The number of phenolic OH excluding ortho intramolecular Hbond substituents is 1. The van der Waals surface area contributed by atoms with Crippen LogP contribution in [0, 0.1) is 0 Å². The summed E-state index contributed by atoms with van der Waals surface area (Å²) in [5.74, 6) is 1.90. The van der Waals surface area contributed by atoms with E-state index < -0.39 is 0 Å². The highest BCUT2D eigenvalue weighted by Gasteiger charge is 2.22. The lowest BCUT2D eigenvalue weighted by Crippen LogP contribution is -2.35. The highest BCUT2D eigenvalue weighted by Crippen LogP contribution is 2.26. The predicted molar refractivity (Wildman–Crippen MR) is 95.0 cm³/mol. The molecule has 0 unspecified atom stereocenters. The van der Waals surface area contributed by atoms with Crippen LogP contribution < -0.4 is 10.3 Å². The Morgan fingerprint density at radius 1 is 1.38 bits per heavy atom. The highest BCUT2D eigenvalue weighted by atomic mass is 16.5. The number of furan rings is 1. The summed E-state index contributed by atoms with van der Waals surface area (Å²) in [7, 11) is 1.60. The number of methoxy groups -OCH3 is 1. The van der Waals surface area contributed by atoms with E-state index in [9.17, 15) is 9.90 Å². The molecule has 2 N–H and O–H groups in total. The Bertz CT molecular complexity index is 979. The number of aromatic hydroxyl groups is 1. The van der Waals surface area contributed by atoms with E-state index >= 15 is 0 Å². The molecule has 0 saturated carbocycles. The van der Waals surface area contributed by atoms with Crippen molar-refractivity contribution in [2.24, 2.45) is 0 Å². The van der Waals surface area contributed by atoms with Crippen molar-refractivity contribution in [3.63, 3.8) is 0 Å². The molecule has 7 nitrogen and oxygen atoms in total. The molecule has 0 radical (unpaired) electrons. The van der Waals surface area contributed by atoms with Crippen LogP contribution in [-0.4, -0.2) is 33.6 Å². The van der Waals surface area contributed by atoms with E-state index in [0.29, 0.717) is 49.0 Å². The minimum atomic E-state index is -0.120. The van der Waals surface area contributed by atoms with Crippen LogP contribution in [0.15, 0.2) is 45.8 Å².